The molecule has 45 heavy (non-hydrogen) atoms. The van der Waals surface area contributed by atoms with E-state index in [1.54, 1.807) is 19.3 Å². The Hall–Kier alpha value is -4.63. The van der Waals surface area contributed by atoms with Crippen molar-refractivity contribution in [3.8, 4) is 22.9 Å². The molecule has 0 aliphatic rings. The average molecular weight is 610 g/mol. The summed E-state index contributed by atoms with van der Waals surface area (Å²) in [6, 6.07) is 27.9. The van der Waals surface area contributed by atoms with Crippen molar-refractivity contribution in [1.82, 2.24) is 0 Å². The Balaban J connectivity index is 0.000000341. The summed E-state index contributed by atoms with van der Waals surface area (Å²) < 4.78 is 15.5. The number of methoxy groups -OCH3 is 1. The maximum Gasteiger partial charge on any atom is 0.330 e. The largest absolute Gasteiger partial charge is 0.497 e. The second kappa shape index (κ2) is 20.3. The summed E-state index contributed by atoms with van der Waals surface area (Å²) in [6.07, 6.45) is 10.7. The fraction of sp³-hybridized carbons (Fsp3) is 0.359. The van der Waals surface area contributed by atoms with Gasteiger partial charge in [0, 0.05) is 12.2 Å². The molecule has 0 spiro atoms. The van der Waals surface area contributed by atoms with E-state index in [4.69, 9.17) is 14.2 Å². The van der Waals surface area contributed by atoms with Crippen LogP contribution in [0.5, 0.6) is 5.75 Å². The summed E-state index contributed by atoms with van der Waals surface area (Å²) in [5.41, 5.74) is 3.53. The lowest BCUT2D eigenvalue weighted by Gasteiger charge is -2.24. The van der Waals surface area contributed by atoms with Gasteiger partial charge < -0.3 is 14.2 Å². The second-order valence-electron chi connectivity index (χ2n) is 11.2. The molecule has 0 saturated heterocycles. The molecule has 0 amide bonds. The van der Waals surface area contributed by atoms with Crippen LogP contribution in [0.4, 0.5) is 0 Å². The van der Waals surface area contributed by atoms with Gasteiger partial charge in [-0.3, -0.25) is 0 Å². The van der Waals surface area contributed by atoms with Gasteiger partial charge in [-0.05, 0) is 77.8 Å². The van der Waals surface area contributed by atoms with Crippen molar-refractivity contribution in [2.75, 3.05) is 20.3 Å². The molecule has 238 valence electrons. The Labute approximate surface area is 269 Å². The minimum absolute atomic E-state index is 0.146. The first-order valence-corrected chi connectivity index (χ1v) is 15.6. The smallest absolute Gasteiger partial charge is 0.330 e. The normalized spacial score (nSPS) is 12.2. The lowest BCUT2D eigenvalue weighted by molar-refractivity contribution is -0.140. The molecule has 0 fully saturated rings. The van der Waals surface area contributed by atoms with Crippen molar-refractivity contribution in [2.45, 2.75) is 59.8 Å². The molecule has 0 N–H and O–H groups in total. The first-order chi connectivity index (χ1) is 21.7. The van der Waals surface area contributed by atoms with Crippen LogP contribution < -0.4 is 4.74 Å². The Morgan fingerprint density at radius 2 is 1.49 bits per heavy atom. The van der Waals surface area contributed by atoms with Crippen molar-refractivity contribution in [3.05, 3.63) is 102 Å². The van der Waals surface area contributed by atoms with Crippen LogP contribution in [0.1, 0.15) is 70.9 Å². The number of hydrogen-bond acceptors (Lipinski definition) is 6. The van der Waals surface area contributed by atoms with E-state index < -0.39 is 11.4 Å². The summed E-state index contributed by atoms with van der Waals surface area (Å²) in [5, 5.41) is 9.50. The minimum atomic E-state index is -0.577. The number of nitriles is 1. The van der Waals surface area contributed by atoms with Gasteiger partial charge in [0.05, 0.1) is 25.2 Å². The van der Waals surface area contributed by atoms with Crippen molar-refractivity contribution >= 4 is 24.1 Å². The summed E-state index contributed by atoms with van der Waals surface area (Å²) in [4.78, 5) is 23.5. The molecule has 0 aromatic heterocycles. The predicted molar refractivity (Wildman–Crippen MR) is 182 cm³/mol. The first kappa shape index (κ1) is 36.6. The van der Waals surface area contributed by atoms with Crippen molar-refractivity contribution in [1.29, 1.82) is 5.26 Å². The number of benzene rings is 3. The maximum absolute atomic E-state index is 12.1. The molecule has 0 aliphatic carbocycles. The molecule has 0 aliphatic heterocycles. The highest BCUT2D eigenvalue weighted by atomic mass is 16.5. The van der Waals surface area contributed by atoms with E-state index in [0.29, 0.717) is 18.9 Å². The molecule has 0 bridgehead atoms. The van der Waals surface area contributed by atoms with E-state index in [1.807, 2.05) is 73.7 Å². The number of hydrogen-bond donors (Lipinski definition) is 0. The average Bonchev–Trinajstić information content (AvgIpc) is 3.07. The molecule has 0 saturated carbocycles. The van der Waals surface area contributed by atoms with Crippen LogP contribution in [0.25, 0.3) is 23.3 Å². The van der Waals surface area contributed by atoms with Crippen molar-refractivity contribution < 1.29 is 23.8 Å². The van der Waals surface area contributed by atoms with Gasteiger partial charge in [0.25, 0.3) is 0 Å². The molecule has 3 aromatic carbocycles. The third-order valence-electron chi connectivity index (χ3n) is 7.29. The Morgan fingerprint density at radius 3 is 2.09 bits per heavy atom. The molecule has 3 rings (SSSR count). The quantitative estimate of drug-likeness (QED) is 0.126. The number of carbonyl (C=O) groups is 2. The molecule has 0 heterocycles. The fourth-order valence-electron chi connectivity index (χ4n) is 4.23. The number of ether oxygens (including phenoxy) is 3. The molecule has 1 atom stereocenters. The monoisotopic (exact) mass is 609 g/mol. The van der Waals surface area contributed by atoms with Gasteiger partial charge in [-0.2, -0.15) is 5.26 Å². The Kier molecular flexibility index (Phi) is 16.5. The van der Waals surface area contributed by atoms with Gasteiger partial charge in [0.1, 0.15) is 12.4 Å². The standard InChI is InChI=1S/C24H27NO2.C15H20O3/c1-3-5-16-24(4-2,18-25)19-27-23(26)15-14-20-10-9-13-22(17-20)21-11-7-6-8-12-21;1-12(2)10-11-18-15(16)9-6-13-4-7-14(17-3)8-5-13/h6-15,17H,3-5,16,19H2,1-2H3;4-9,12H,10-11H2,1-3H3. The number of carbonyl (C=O) groups excluding carboxylic acids is 2. The molecule has 3 aromatic rings. The first-order valence-electron chi connectivity index (χ1n) is 15.6. The Morgan fingerprint density at radius 1 is 0.844 bits per heavy atom. The van der Waals surface area contributed by atoms with Gasteiger partial charge in [-0.15, -0.1) is 0 Å². The zero-order chi connectivity index (χ0) is 32.9. The number of rotatable bonds is 15. The van der Waals surface area contributed by atoms with Crippen LogP contribution in [0.3, 0.4) is 0 Å². The van der Waals surface area contributed by atoms with E-state index in [-0.39, 0.29) is 12.6 Å². The minimum Gasteiger partial charge on any atom is -0.497 e. The van der Waals surface area contributed by atoms with Crippen molar-refractivity contribution in [2.24, 2.45) is 11.3 Å². The van der Waals surface area contributed by atoms with E-state index >= 15 is 0 Å². The van der Waals surface area contributed by atoms with Gasteiger partial charge in [0.15, 0.2) is 0 Å². The number of unbranched alkanes of at least 4 members (excludes halogenated alkanes) is 1. The van der Waals surface area contributed by atoms with Crippen LogP contribution in [0.2, 0.25) is 0 Å². The maximum atomic E-state index is 12.1. The second-order valence-corrected chi connectivity index (χ2v) is 11.2. The highest BCUT2D eigenvalue weighted by molar-refractivity contribution is 5.87. The van der Waals surface area contributed by atoms with E-state index in [0.717, 1.165) is 53.7 Å². The van der Waals surface area contributed by atoms with Gasteiger partial charge in [0.2, 0.25) is 0 Å². The summed E-state index contributed by atoms with van der Waals surface area (Å²) in [6.45, 7) is 8.88. The highest BCUT2D eigenvalue weighted by Gasteiger charge is 2.29. The van der Waals surface area contributed by atoms with Crippen LogP contribution in [-0.4, -0.2) is 32.3 Å². The van der Waals surface area contributed by atoms with Crippen LogP contribution >= 0.6 is 0 Å². The van der Waals surface area contributed by atoms with Crippen molar-refractivity contribution in [3.63, 3.8) is 0 Å². The third-order valence-corrected chi connectivity index (χ3v) is 7.29. The molecular weight excluding hydrogens is 562 g/mol. The van der Waals surface area contributed by atoms with Crippen LogP contribution in [0, 0.1) is 22.7 Å². The SMILES string of the molecule is CCCCC(C#N)(CC)COC(=O)C=Cc1cccc(-c2ccccc2)c1.COc1ccc(C=CC(=O)OCCC(C)C)cc1. The molecular formula is C39H47NO5. The fourth-order valence-corrected chi connectivity index (χ4v) is 4.23. The van der Waals surface area contributed by atoms with Crippen LogP contribution in [0.15, 0.2) is 91.0 Å². The van der Waals surface area contributed by atoms with E-state index in [9.17, 15) is 14.9 Å². The number of nitrogens with zero attached hydrogens (tertiary/aromatic N) is 1. The molecule has 6 heteroatoms. The summed E-state index contributed by atoms with van der Waals surface area (Å²) in [7, 11) is 1.62. The van der Waals surface area contributed by atoms with E-state index in [1.165, 1.54) is 12.2 Å². The highest BCUT2D eigenvalue weighted by Crippen LogP contribution is 2.28. The predicted octanol–water partition coefficient (Wildman–Crippen LogP) is 9.32. The van der Waals surface area contributed by atoms with Crippen LogP contribution in [-0.2, 0) is 19.1 Å². The van der Waals surface area contributed by atoms with Gasteiger partial charge in [-0.1, -0.05) is 101 Å². The molecule has 0 radical (unpaired) electrons. The molecule has 6 nitrogen and oxygen atoms in total. The Bertz CT molecular complexity index is 1400. The summed E-state index contributed by atoms with van der Waals surface area (Å²) in [5.74, 6) is 0.631. The van der Waals surface area contributed by atoms with Gasteiger partial charge >= 0.3 is 11.9 Å². The van der Waals surface area contributed by atoms with E-state index in [2.05, 4.69) is 39.0 Å². The zero-order valence-electron chi connectivity index (χ0n) is 27.3. The zero-order valence-corrected chi connectivity index (χ0v) is 27.3. The lowest BCUT2D eigenvalue weighted by Crippen LogP contribution is -2.26. The van der Waals surface area contributed by atoms with Gasteiger partial charge in [-0.25, -0.2) is 9.59 Å². The summed E-state index contributed by atoms with van der Waals surface area (Å²) >= 11 is 0. The molecule has 1 unspecified atom stereocenters. The topological polar surface area (TPSA) is 85.6 Å². The lowest BCUT2D eigenvalue weighted by atomic mass is 9.82. The third kappa shape index (κ3) is 14.1. The number of esters is 2.